The molecule has 0 radical (unpaired) electrons. The zero-order valence-electron chi connectivity index (χ0n) is 24.5. The van der Waals surface area contributed by atoms with Crippen LogP contribution in [-0.2, 0) is 17.4 Å². The standard InChI is InChI=1S/C31H34F3N5O5/c1-19-16-39(20(2)18-40)28(41)15-22-14-25(36-29(42)21-10-12-35-13-11-21)8-9-26(22)44-27(19)17-38(3)30(43)37-24-6-4-23(5-7-24)31(32,33)34/h4-14,19-20,27,40H,15-18H2,1-3H3,(H,36,42)(H,37,43)/t19-,20+,27-/m0/s1. The first-order valence-electron chi connectivity index (χ1n) is 14.0. The van der Waals surface area contributed by atoms with Crippen LogP contribution in [0.5, 0.6) is 5.75 Å². The second-order valence-electron chi connectivity index (χ2n) is 10.8. The van der Waals surface area contributed by atoms with Crippen LogP contribution >= 0.6 is 0 Å². The van der Waals surface area contributed by atoms with Crippen LogP contribution in [0.3, 0.4) is 0 Å². The lowest BCUT2D eigenvalue weighted by atomic mass is 10.0. The second kappa shape index (κ2) is 13.8. The summed E-state index contributed by atoms with van der Waals surface area (Å²) >= 11 is 0. The van der Waals surface area contributed by atoms with Crippen molar-refractivity contribution in [1.82, 2.24) is 14.8 Å². The molecule has 10 nitrogen and oxygen atoms in total. The van der Waals surface area contributed by atoms with E-state index in [0.717, 1.165) is 12.1 Å². The van der Waals surface area contributed by atoms with Gasteiger partial charge >= 0.3 is 12.2 Å². The van der Waals surface area contributed by atoms with Crippen molar-refractivity contribution >= 4 is 29.2 Å². The van der Waals surface area contributed by atoms with E-state index in [1.54, 1.807) is 42.2 Å². The van der Waals surface area contributed by atoms with Gasteiger partial charge in [-0.2, -0.15) is 13.2 Å². The maximum absolute atomic E-state index is 13.4. The minimum atomic E-state index is -4.49. The van der Waals surface area contributed by atoms with Gasteiger partial charge in [0.1, 0.15) is 11.9 Å². The highest BCUT2D eigenvalue weighted by Gasteiger charge is 2.32. The van der Waals surface area contributed by atoms with Crippen LogP contribution in [0.25, 0.3) is 0 Å². The maximum Gasteiger partial charge on any atom is 0.416 e. The minimum Gasteiger partial charge on any atom is -0.488 e. The topological polar surface area (TPSA) is 124 Å². The van der Waals surface area contributed by atoms with Crippen LogP contribution < -0.4 is 15.4 Å². The van der Waals surface area contributed by atoms with E-state index in [4.69, 9.17) is 4.74 Å². The first kappa shape index (κ1) is 32.3. The molecule has 0 bridgehead atoms. The Morgan fingerprint density at radius 1 is 1.09 bits per heavy atom. The molecule has 1 aliphatic rings. The van der Waals surface area contributed by atoms with Crippen molar-refractivity contribution in [2.75, 3.05) is 37.4 Å². The van der Waals surface area contributed by atoms with Gasteiger partial charge in [-0.05, 0) is 61.5 Å². The van der Waals surface area contributed by atoms with Gasteiger partial charge in [0.2, 0.25) is 5.91 Å². The summed E-state index contributed by atoms with van der Waals surface area (Å²) in [7, 11) is 1.53. The zero-order valence-corrected chi connectivity index (χ0v) is 24.5. The Labute approximate surface area is 252 Å². The average molecular weight is 614 g/mol. The third-order valence-electron chi connectivity index (χ3n) is 7.38. The maximum atomic E-state index is 13.4. The molecule has 0 saturated heterocycles. The fourth-order valence-corrected chi connectivity index (χ4v) is 4.75. The number of pyridine rings is 1. The lowest BCUT2D eigenvalue weighted by molar-refractivity contribution is -0.137. The van der Waals surface area contributed by atoms with Gasteiger partial charge in [0.25, 0.3) is 5.91 Å². The number of nitrogens with one attached hydrogen (secondary N) is 2. The quantitative estimate of drug-likeness (QED) is 0.356. The molecule has 2 heterocycles. The van der Waals surface area contributed by atoms with Crippen LogP contribution in [0, 0.1) is 5.92 Å². The molecular weight excluding hydrogens is 579 g/mol. The summed E-state index contributed by atoms with van der Waals surface area (Å²) in [6.45, 7) is 3.65. The van der Waals surface area contributed by atoms with Crippen molar-refractivity contribution in [2.45, 2.75) is 38.6 Å². The fourth-order valence-electron chi connectivity index (χ4n) is 4.75. The van der Waals surface area contributed by atoms with E-state index in [0.29, 0.717) is 22.6 Å². The van der Waals surface area contributed by atoms with E-state index >= 15 is 0 Å². The number of ether oxygens (including phenoxy) is 1. The Bertz CT molecular complexity index is 1470. The number of anilines is 2. The molecule has 0 fully saturated rings. The van der Waals surface area contributed by atoms with E-state index in [9.17, 15) is 32.7 Å². The van der Waals surface area contributed by atoms with E-state index in [2.05, 4.69) is 15.6 Å². The number of carbonyl (C=O) groups is 3. The predicted octanol–water partition coefficient (Wildman–Crippen LogP) is 4.67. The third kappa shape index (κ3) is 8.04. The number of amides is 4. The molecule has 4 amide bonds. The SMILES string of the molecule is C[C@H](CO)N1C[C@H](C)[C@H](CN(C)C(=O)Nc2ccc(C(F)(F)F)cc2)Oc2ccc(NC(=O)c3ccncc3)cc2CC1=O. The normalized spacial score (nSPS) is 17.7. The number of alkyl halides is 3. The Hall–Kier alpha value is -4.65. The third-order valence-corrected chi connectivity index (χ3v) is 7.38. The average Bonchev–Trinajstić information content (AvgIpc) is 3.04. The molecule has 1 aromatic heterocycles. The van der Waals surface area contributed by atoms with Crippen molar-refractivity contribution in [3.63, 3.8) is 0 Å². The number of likely N-dealkylation sites (N-methyl/N-ethyl adjacent to an activating group) is 1. The predicted molar refractivity (Wildman–Crippen MR) is 157 cm³/mol. The molecule has 2 aromatic carbocycles. The summed E-state index contributed by atoms with van der Waals surface area (Å²) in [6, 6.07) is 11.2. The zero-order chi connectivity index (χ0) is 32.0. The number of rotatable bonds is 7. The number of aromatic nitrogens is 1. The van der Waals surface area contributed by atoms with E-state index < -0.39 is 29.9 Å². The Morgan fingerprint density at radius 3 is 2.39 bits per heavy atom. The number of aliphatic hydroxyl groups excluding tert-OH is 1. The number of hydrogen-bond acceptors (Lipinski definition) is 6. The van der Waals surface area contributed by atoms with E-state index in [1.165, 1.54) is 36.5 Å². The van der Waals surface area contributed by atoms with Crippen LogP contribution in [0.4, 0.5) is 29.3 Å². The monoisotopic (exact) mass is 613 g/mol. The molecule has 4 rings (SSSR count). The van der Waals surface area contributed by atoms with Gasteiger partial charge in [-0.3, -0.25) is 14.6 Å². The van der Waals surface area contributed by atoms with Crippen molar-refractivity contribution in [3.05, 3.63) is 83.7 Å². The highest BCUT2D eigenvalue weighted by molar-refractivity contribution is 6.04. The first-order chi connectivity index (χ1) is 20.8. The first-order valence-corrected chi connectivity index (χ1v) is 14.0. The van der Waals surface area contributed by atoms with E-state index in [-0.39, 0.29) is 49.5 Å². The lowest BCUT2D eigenvalue weighted by Crippen LogP contribution is -2.48. The summed E-state index contributed by atoms with van der Waals surface area (Å²) in [5, 5.41) is 15.3. The van der Waals surface area contributed by atoms with Gasteiger partial charge in [-0.25, -0.2) is 4.79 Å². The summed E-state index contributed by atoms with van der Waals surface area (Å²) < 4.78 is 45.1. The molecule has 1 aliphatic heterocycles. The molecule has 234 valence electrons. The van der Waals surface area contributed by atoms with Crippen LogP contribution in [0.1, 0.15) is 35.3 Å². The van der Waals surface area contributed by atoms with Crippen molar-refractivity contribution in [2.24, 2.45) is 5.92 Å². The molecule has 13 heteroatoms. The van der Waals surface area contributed by atoms with E-state index in [1.807, 2.05) is 6.92 Å². The highest BCUT2D eigenvalue weighted by atomic mass is 19.4. The molecule has 3 aromatic rings. The molecular formula is C31H34F3N5O5. The Kier molecular flexibility index (Phi) is 10.1. The molecule has 0 unspecified atom stereocenters. The summed E-state index contributed by atoms with van der Waals surface area (Å²) in [5.41, 5.74) is 0.727. The number of benzene rings is 2. The number of urea groups is 1. The second-order valence-corrected chi connectivity index (χ2v) is 10.8. The van der Waals surface area contributed by atoms with Crippen LogP contribution in [0.2, 0.25) is 0 Å². The lowest BCUT2D eigenvalue weighted by Gasteiger charge is -2.34. The molecule has 0 saturated carbocycles. The number of fused-ring (bicyclic) bond motifs is 1. The van der Waals surface area contributed by atoms with Gasteiger partial charge in [0.05, 0.1) is 31.2 Å². The summed E-state index contributed by atoms with van der Waals surface area (Å²) in [4.78, 5) is 45.9. The van der Waals surface area contributed by atoms with Crippen molar-refractivity contribution < 1.29 is 37.4 Å². The molecule has 3 atom stereocenters. The van der Waals surface area contributed by atoms with Crippen LogP contribution in [-0.4, -0.2) is 76.6 Å². The molecule has 0 spiro atoms. The Morgan fingerprint density at radius 2 is 1.75 bits per heavy atom. The summed E-state index contributed by atoms with van der Waals surface area (Å²) in [5.74, 6) is -0.501. The summed E-state index contributed by atoms with van der Waals surface area (Å²) in [6.07, 6.45) is -2.15. The number of nitrogens with zero attached hydrogens (tertiary/aromatic N) is 3. The Balaban J connectivity index is 1.55. The number of carbonyl (C=O) groups excluding carboxylic acids is 3. The minimum absolute atomic E-state index is 0.0532. The molecule has 44 heavy (non-hydrogen) atoms. The largest absolute Gasteiger partial charge is 0.488 e. The van der Waals surface area contributed by atoms with Gasteiger partial charge in [0.15, 0.2) is 0 Å². The van der Waals surface area contributed by atoms with Crippen LogP contribution in [0.15, 0.2) is 67.0 Å². The fraction of sp³-hybridized carbons (Fsp3) is 0.355. The molecule has 3 N–H and O–H groups in total. The number of hydrogen-bond donors (Lipinski definition) is 3. The number of halogens is 3. The molecule has 0 aliphatic carbocycles. The van der Waals surface area contributed by atoms with Crippen molar-refractivity contribution in [3.8, 4) is 5.75 Å². The van der Waals surface area contributed by atoms with Gasteiger partial charge in [-0.1, -0.05) is 6.92 Å². The van der Waals surface area contributed by atoms with Gasteiger partial charge in [0, 0.05) is 54.4 Å². The van der Waals surface area contributed by atoms with Gasteiger partial charge < -0.3 is 30.3 Å². The van der Waals surface area contributed by atoms with Gasteiger partial charge in [-0.15, -0.1) is 0 Å². The smallest absolute Gasteiger partial charge is 0.416 e. The highest BCUT2D eigenvalue weighted by Crippen LogP contribution is 2.31. The number of aliphatic hydroxyl groups is 1. The van der Waals surface area contributed by atoms with Crippen molar-refractivity contribution in [1.29, 1.82) is 0 Å².